The quantitative estimate of drug-likeness (QED) is 0.681. The summed E-state index contributed by atoms with van der Waals surface area (Å²) in [6.45, 7) is -0.101. The molecule has 0 bridgehead atoms. The maximum atomic E-state index is 11.7. The average Bonchev–Trinajstić information content (AvgIpc) is 3.20. The number of aromatic nitrogens is 1. The fourth-order valence-electron chi connectivity index (χ4n) is 1.42. The first-order chi connectivity index (χ1) is 9.06. The standard InChI is InChI=1S/C12H13N3O4/c16-10(15-8-2-3-8)6-14-11(17)7-1-4-9(12(18)19)13-5-7/h1,4-5,8H,2-3,6H2,(H,14,17)(H,15,16)(H,18,19). The van der Waals surface area contributed by atoms with Crippen LogP contribution in [0.15, 0.2) is 18.3 Å². The molecule has 0 unspecified atom stereocenters. The fourth-order valence-corrected chi connectivity index (χ4v) is 1.42. The highest BCUT2D eigenvalue weighted by atomic mass is 16.4. The number of rotatable bonds is 5. The lowest BCUT2D eigenvalue weighted by Gasteiger charge is -2.05. The number of nitrogens with one attached hydrogen (secondary N) is 2. The molecule has 1 fully saturated rings. The second kappa shape index (κ2) is 5.47. The van der Waals surface area contributed by atoms with Crippen molar-refractivity contribution in [1.29, 1.82) is 0 Å². The molecule has 1 aromatic rings. The van der Waals surface area contributed by atoms with Gasteiger partial charge in [-0.1, -0.05) is 0 Å². The molecular formula is C12H13N3O4. The van der Waals surface area contributed by atoms with Gasteiger partial charge in [-0.05, 0) is 25.0 Å². The minimum absolute atomic E-state index is 0.101. The van der Waals surface area contributed by atoms with E-state index in [1.54, 1.807) is 0 Å². The van der Waals surface area contributed by atoms with Gasteiger partial charge in [-0.3, -0.25) is 9.59 Å². The van der Waals surface area contributed by atoms with Gasteiger partial charge < -0.3 is 15.7 Å². The van der Waals surface area contributed by atoms with Crippen LogP contribution < -0.4 is 10.6 Å². The van der Waals surface area contributed by atoms with Crippen molar-refractivity contribution in [2.24, 2.45) is 0 Å². The van der Waals surface area contributed by atoms with Gasteiger partial charge in [-0.25, -0.2) is 9.78 Å². The summed E-state index contributed by atoms with van der Waals surface area (Å²) in [4.78, 5) is 37.2. The summed E-state index contributed by atoms with van der Waals surface area (Å²) in [6.07, 6.45) is 3.14. The Morgan fingerprint density at radius 3 is 2.58 bits per heavy atom. The van der Waals surface area contributed by atoms with Crippen molar-refractivity contribution in [2.75, 3.05) is 6.54 Å². The van der Waals surface area contributed by atoms with E-state index in [4.69, 9.17) is 5.11 Å². The van der Waals surface area contributed by atoms with Crippen molar-refractivity contribution in [3.63, 3.8) is 0 Å². The molecule has 2 rings (SSSR count). The van der Waals surface area contributed by atoms with Gasteiger partial charge in [-0.15, -0.1) is 0 Å². The van der Waals surface area contributed by atoms with Gasteiger partial charge in [-0.2, -0.15) is 0 Å². The summed E-state index contributed by atoms with van der Waals surface area (Å²) >= 11 is 0. The third-order valence-corrected chi connectivity index (χ3v) is 2.60. The van der Waals surface area contributed by atoms with Crippen molar-refractivity contribution in [3.05, 3.63) is 29.6 Å². The molecule has 7 nitrogen and oxygen atoms in total. The van der Waals surface area contributed by atoms with Crippen molar-refractivity contribution in [1.82, 2.24) is 15.6 Å². The van der Waals surface area contributed by atoms with Crippen LogP contribution in [0.3, 0.4) is 0 Å². The molecule has 0 aromatic carbocycles. The van der Waals surface area contributed by atoms with Crippen LogP contribution in [0.2, 0.25) is 0 Å². The van der Waals surface area contributed by atoms with E-state index in [9.17, 15) is 14.4 Å². The van der Waals surface area contributed by atoms with E-state index < -0.39 is 11.9 Å². The molecule has 1 aromatic heterocycles. The van der Waals surface area contributed by atoms with Crippen molar-refractivity contribution >= 4 is 17.8 Å². The minimum Gasteiger partial charge on any atom is -0.477 e. The second-order valence-electron chi connectivity index (χ2n) is 4.26. The van der Waals surface area contributed by atoms with E-state index in [1.165, 1.54) is 12.1 Å². The Bertz CT molecular complexity index is 508. The molecule has 7 heteroatoms. The Morgan fingerprint density at radius 2 is 2.05 bits per heavy atom. The Morgan fingerprint density at radius 1 is 1.32 bits per heavy atom. The molecule has 1 aliphatic carbocycles. The molecule has 0 radical (unpaired) electrons. The third-order valence-electron chi connectivity index (χ3n) is 2.60. The maximum absolute atomic E-state index is 11.7. The van der Waals surface area contributed by atoms with Crippen molar-refractivity contribution < 1.29 is 19.5 Å². The summed E-state index contributed by atoms with van der Waals surface area (Å²) in [5, 5.41) is 13.8. The molecular weight excluding hydrogens is 250 g/mol. The zero-order chi connectivity index (χ0) is 13.8. The second-order valence-corrected chi connectivity index (χ2v) is 4.26. The van der Waals surface area contributed by atoms with Gasteiger partial charge in [0.05, 0.1) is 12.1 Å². The van der Waals surface area contributed by atoms with Gasteiger partial charge in [0.15, 0.2) is 0 Å². The van der Waals surface area contributed by atoms with Crippen molar-refractivity contribution in [3.8, 4) is 0 Å². The summed E-state index contributed by atoms with van der Waals surface area (Å²) in [5.41, 5.74) is 0.0762. The largest absolute Gasteiger partial charge is 0.477 e. The topological polar surface area (TPSA) is 108 Å². The molecule has 0 aliphatic heterocycles. The Kier molecular flexibility index (Phi) is 3.74. The molecule has 2 amide bonds. The first-order valence-corrected chi connectivity index (χ1v) is 5.83. The first-order valence-electron chi connectivity index (χ1n) is 5.83. The predicted octanol–water partition coefficient (Wildman–Crippen LogP) is -0.212. The lowest BCUT2D eigenvalue weighted by molar-refractivity contribution is -0.120. The van der Waals surface area contributed by atoms with Gasteiger partial charge in [0, 0.05) is 12.2 Å². The van der Waals surface area contributed by atoms with E-state index in [2.05, 4.69) is 15.6 Å². The number of pyridine rings is 1. The number of nitrogens with zero attached hydrogens (tertiary/aromatic N) is 1. The van der Waals surface area contributed by atoms with Crippen LogP contribution in [0.25, 0.3) is 0 Å². The highest BCUT2D eigenvalue weighted by molar-refractivity contribution is 5.96. The number of hydrogen-bond donors (Lipinski definition) is 3. The first kappa shape index (κ1) is 13.0. The third kappa shape index (κ3) is 3.77. The number of carbonyl (C=O) groups excluding carboxylic acids is 2. The van der Waals surface area contributed by atoms with Crippen molar-refractivity contribution in [2.45, 2.75) is 18.9 Å². The van der Waals surface area contributed by atoms with Gasteiger partial charge in [0.2, 0.25) is 5.91 Å². The highest BCUT2D eigenvalue weighted by Gasteiger charge is 2.23. The minimum atomic E-state index is -1.16. The monoisotopic (exact) mass is 263 g/mol. The molecule has 0 spiro atoms. The zero-order valence-corrected chi connectivity index (χ0v) is 10.0. The van der Waals surface area contributed by atoms with Crippen LogP contribution in [0.4, 0.5) is 0 Å². The normalized spacial score (nSPS) is 13.7. The molecule has 3 N–H and O–H groups in total. The molecule has 19 heavy (non-hydrogen) atoms. The number of amides is 2. The molecule has 1 aliphatic rings. The lowest BCUT2D eigenvalue weighted by Crippen LogP contribution is -2.37. The van der Waals surface area contributed by atoms with Crippen LogP contribution in [0, 0.1) is 0 Å². The zero-order valence-electron chi connectivity index (χ0n) is 10.0. The highest BCUT2D eigenvalue weighted by Crippen LogP contribution is 2.18. The lowest BCUT2D eigenvalue weighted by atomic mass is 10.2. The van der Waals surface area contributed by atoms with Gasteiger partial charge in [0.25, 0.3) is 5.91 Å². The van der Waals surface area contributed by atoms with E-state index in [-0.39, 0.29) is 29.8 Å². The fraction of sp³-hybridized carbons (Fsp3) is 0.333. The van der Waals surface area contributed by atoms with Crippen LogP contribution >= 0.6 is 0 Å². The van der Waals surface area contributed by atoms with Crippen LogP contribution in [-0.4, -0.2) is 40.5 Å². The Labute approximate surface area is 109 Å². The predicted molar refractivity (Wildman–Crippen MR) is 64.7 cm³/mol. The summed E-state index contributed by atoms with van der Waals surface area (Å²) in [7, 11) is 0. The van der Waals surface area contributed by atoms with Crippen LogP contribution in [0.5, 0.6) is 0 Å². The van der Waals surface area contributed by atoms with Gasteiger partial charge in [0.1, 0.15) is 5.69 Å². The average molecular weight is 263 g/mol. The Balaban J connectivity index is 1.84. The maximum Gasteiger partial charge on any atom is 0.354 e. The molecule has 0 saturated heterocycles. The number of aromatic carboxylic acids is 1. The molecule has 0 atom stereocenters. The smallest absolute Gasteiger partial charge is 0.354 e. The van der Waals surface area contributed by atoms with Gasteiger partial charge >= 0.3 is 5.97 Å². The number of hydrogen-bond acceptors (Lipinski definition) is 4. The van der Waals surface area contributed by atoms with Crippen LogP contribution in [0.1, 0.15) is 33.7 Å². The number of carbonyl (C=O) groups is 3. The number of carboxylic acids is 1. The van der Waals surface area contributed by atoms with E-state index in [0.29, 0.717) is 0 Å². The van der Waals surface area contributed by atoms with E-state index in [1.807, 2.05) is 0 Å². The molecule has 1 heterocycles. The number of carboxylic acid groups (broad SMARTS) is 1. The molecule has 100 valence electrons. The van der Waals surface area contributed by atoms with Crippen LogP contribution in [-0.2, 0) is 4.79 Å². The summed E-state index contributed by atoms with van der Waals surface area (Å²) in [6, 6.07) is 2.84. The SMILES string of the molecule is O=C(CNC(=O)c1ccc(C(=O)O)nc1)NC1CC1. The molecule has 1 saturated carbocycles. The van der Waals surface area contributed by atoms with E-state index >= 15 is 0 Å². The summed E-state index contributed by atoms with van der Waals surface area (Å²) in [5.74, 6) is -1.85. The summed E-state index contributed by atoms with van der Waals surface area (Å²) < 4.78 is 0. The van der Waals surface area contributed by atoms with E-state index in [0.717, 1.165) is 19.0 Å². The Hall–Kier alpha value is -2.44.